The Morgan fingerprint density at radius 2 is 2.09 bits per heavy atom. The number of anilines is 1. The molecule has 2 aliphatic rings. The lowest BCUT2D eigenvalue weighted by Crippen LogP contribution is -2.50. The van der Waals surface area contributed by atoms with Crippen LogP contribution in [-0.4, -0.2) is 29.3 Å². The van der Waals surface area contributed by atoms with Gasteiger partial charge in [0, 0.05) is 12.5 Å². The highest BCUT2D eigenvalue weighted by molar-refractivity contribution is 6.33. The van der Waals surface area contributed by atoms with E-state index >= 15 is 0 Å². The number of nitrogens with one attached hydrogen (secondary N) is 1. The fraction of sp³-hybridized carbons (Fsp3) is 0.529. The van der Waals surface area contributed by atoms with Crippen molar-refractivity contribution < 1.29 is 14.0 Å². The number of hydrogen-bond acceptors (Lipinski definition) is 2. The topological polar surface area (TPSA) is 49.4 Å². The molecule has 1 aromatic carbocycles. The summed E-state index contributed by atoms with van der Waals surface area (Å²) in [5, 5.41) is 2.89. The van der Waals surface area contributed by atoms with Crippen molar-refractivity contribution in [2.75, 3.05) is 11.9 Å². The van der Waals surface area contributed by atoms with Crippen LogP contribution in [0.2, 0.25) is 5.02 Å². The van der Waals surface area contributed by atoms with E-state index in [2.05, 4.69) is 12.2 Å². The number of piperidine rings is 1. The lowest BCUT2D eigenvalue weighted by molar-refractivity contribution is -0.141. The van der Waals surface area contributed by atoms with Gasteiger partial charge in [0.05, 0.1) is 10.7 Å². The van der Waals surface area contributed by atoms with Crippen molar-refractivity contribution in [2.45, 2.75) is 38.6 Å². The molecule has 2 fully saturated rings. The SMILES string of the molecule is C[C@@H]1C[C@H]1C(=O)N1CCCC[C@H]1C(=O)Nc1ccc(F)cc1Cl. The van der Waals surface area contributed by atoms with Crippen LogP contribution in [0.1, 0.15) is 32.6 Å². The van der Waals surface area contributed by atoms with E-state index in [0.717, 1.165) is 25.3 Å². The van der Waals surface area contributed by atoms with Gasteiger partial charge in [0.1, 0.15) is 11.9 Å². The highest BCUT2D eigenvalue weighted by Gasteiger charge is 2.44. The first-order chi connectivity index (χ1) is 11.0. The summed E-state index contributed by atoms with van der Waals surface area (Å²) in [5.74, 6) is -0.134. The Kier molecular flexibility index (Phi) is 4.57. The van der Waals surface area contributed by atoms with Gasteiger partial charge in [-0.25, -0.2) is 4.39 Å². The molecule has 0 spiro atoms. The van der Waals surface area contributed by atoms with E-state index in [0.29, 0.717) is 24.6 Å². The van der Waals surface area contributed by atoms with E-state index < -0.39 is 11.9 Å². The predicted molar refractivity (Wildman–Crippen MR) is 86.7 cm³/mol. The van der Waals surface area contributed by atoms with Crippen LogP contribution in [-0.2, 0) is 9.59 Å². The molecule has 1 aromatic rings. The molecule has 23 heavy (non-hydrogen) atoms. The second kappa shape index (κ2) is 6.48. The van der Waals surface area contributed by atoms with Crippen LogP contribution in [0.5, 0.6) is 0 Å². The normalized spacial score (nSPS) is 26.7. The van der Waals surface area contributed by atoms with Crippen LogP contribution in [0, 0.1) is 17.7 Å². The molecule has 1 saturated heterocycles. The van der Waals surface area contributed by atoms with E-state index in [9.17, 15) is 14.0 Å². The molecular weight excluding hydrogens is 319 g/mol. The minimum Gasteiger partial charge on any atom is -0.330 e. The highest BCUT2D eigenvalue weighted by Crippen LogP contribution is 2.40. The number of nitrogens with zero attached hydrogens (tertiary/aromatic N) is 1. The van der Waals surface area contributed by atoms with Crippen molar-refractivity contribution in [3.63, 3.8) is 0 Å². The molecule has 124 valence electrons. The van der Waals surface area contributed by atoms with Gasteiger partial charge in [-0.1, -0.05) is 18.5 Å². The average Bonchev–Trinajstić information content (AvgIpc) is 3.26. The Balaban J connectivity index is 1.72. The Labute approximate surface area is 140 Å². The van der Waals surface area contributed by atoms with Crippen LogP contribution in [0.4, 0.5) is 10.1 Å². The summed E-state index contributed by atoms with van der Waals surface area (Å²) in [6, 6.07) is 3.38. The Bertz CT molecular complexity index is 637. The van der Waals surface area contributed by atoms with Crippen molar-refractivity contribution >= 4 is 29.1 Å². The van der Waals surface area contributed by atoms with Gasteiger partial charge in [-0.3, -0.25) is 9.59 Å². The Morgan fingerprint density at radius 3 is 2.74 bits per heavy atom. The minimum atomic E-state index is -0.467. The van der Waals surface area contributed by atoms with E-state index in [-0.39, 0.29) is 22.8 Å². The van der Waals surface area contributed by atoms with Crippen molar-refractivity contribution in [3.05, 3.63) is 29.0 Å². The molecule has 0 radical (unpaired) electrons. The first kappa shape index (κ1) is 16.2. The second-order valence-corrected chi connectivity index (χ2v) is 6.88. The summed E-state index contributed by atoms with van der Waals surface area (Å²) < 4.78 is 13.1. The van der Waals surface area contributed by atoms with Crippen molar-refractivity contribution in [2.24, 2.45) is 11.8 Å². The summed E-state index contributed by atoms with van der Waals surface area (Å²) in [7, 11) is 0. The number of likely N-dealkylation sites (tertiary alicyclic amines) is 1. The zero-order valence-electron chi connectivity index (χ0n) is 13.0. The fourth-order valence-electron chi connectivity index (χ4n) is 3.15. The van der Waals surface area contributed by atoms with Gasteiger partial charge in [-0.2, -0.15) is 0 Å². The average molecular weight is 339 g/mol. The highest BCUT2D eigenvalue weighted by atomic mass is 35.5. The van der Waals surface area contributed by atoms with Gasteiger partial charge in [-0.05, 0) is 49.8 Å². The summed E-state index contributed by atoms with van der Waals surface area (Å²) in [5.41, 5.74) is 0.371. The van der Waals surface area contributed by atoms with E-state index in [1.165, 1.54) is 12.1 Å². The van der Waals surface area contributed by atoms with E-state index in [1.807, 2.05) is 0 Å². The number of amides is 2. The molecule has 1 aliphatic heterocycles. The zero-order chi connectivity index (χ0) is 16.6. The maximum absolute atomic E-state index is 13.1. The molecule has 6 heteroatoms. The lowest BCUT2D eigenvalue weighted by atomic mass is 10.00. The summed E-state index contributed by atoms with van der Waals surface area (Å²) in [6.45, 7) is 2.68. The summed E-state index contributed by atoms with van der Waals surface area (Å²) in [6.07, 6.45) is 3.40. The molecule has 0 aromatic heterocycles. The standard InChI is InChI=1S/C17H20ClFN2O2/c1-10-8-12(10)17(23)21-7-3-2-4-15(21)16(22)20-14-6-5-11(19)9-13(14)18/h5-6,9-10,12,15H,2-4,7-8H2,1H3,(H,20,22)/t10-,12-,15+/m1/s1. The number of hydrogen-bond donors (Lipinski definition) is 1. The van der Waals surface area contributed by atoms with Gasteiger partial charge >= 0.3 is 0 Å². The molecule has 1 heterocycles. The lowest BCUT2D eigenvalue weighted by Gasteiger charge is -2.35. The van der Waals surface area contributed by atoms with Gasteiger partial charge in [0.2, 0.25) is 11.8 Å². The Hall–Kier alpha value is -1.62. The van der Waals surface area contributed by atoms with Crippen molar-refractivity contribution in [1.82, 2.24) is 4.90 Å². The van der Waals surface area contributed by atoms with E-state index in [1.54, 1.807) is 4.90 Å². The first-order valence-corrected chi connectivity index (χ1v) is 8.41. The molecule has 3 rings (SSSR count). The molecule has 1 saturated carbocycles. The first-order valence-electron chi connectivity index (χ1n) is 8.04. The molecular formula is C17H20ClFN2O2. The largest absolute Gasteiger partial charge is 0.330 e. The molecule has 2 amide bonds. The number of halogens is 2. The van der Waals surface area contributed by atoms with Crippen LogP contribution >= 0.6 is 11.6 Å². The third-order valence-corrected chi connectivity index (χ3v) is 5.02. The molecule has 0 bridgehead atoms. The molecule has 0 unspecified atom stereocenters. The zero-order valence-corrected chi connectivity index (χ0v) is 13.8. The number of benzene rings is 1. The van der Waals surface area contributed by atoms with Crippen LogP contribution in [0.15, 0.2) is 18.2 Å². The third kappa shape index (κ3) is 3.50. The summed E-state index contributed by atoms with van der Waals surface area (Å²) >= 11 is 5.96. The van der Waals surface area contributed by atoms with Gasteiger partial charge < -0.3 is 10.2 Å². The predicted octanol–water partition coefficient (Wildman–Crippen LogP) is 3.45. The van der Waals surface area contributed by atoms with E-state index in [4.69, 9.17) is 11.6 Å². The number of rotatable bonds is 3. The number of carbonyl (C=O) groups is 2. The maximum atomic E-state index is 13.1. The van der Waals surface area contributed by atoms with Crippen molar-refractivity contribution in [3.8, 4) is 0 Å². The second-order valence-electron chi connectivity index (χ2n) is 6.48. The van der Waals surface area contributed by atoms with Crippen molar-refractivity contribution in [1.29, 1.82) is 0 Å². The monoisotopic (exact) mass is 338 g/mol. The van der Waals surface area contributed by atoms with Gasteiger partial charge in [-0.15, -0.1) is 0 Å². The van der Waals surface area contributed by atoms with Crippen LogP contribution < -0.4 is 5.32 Å². The smallest absolute Gasteiger partial charge is 0.247 e. The molecule has 1 aliphatic carbocycles. The summed E-state index contributed by atoms with van der Waals surface area (Å²) in [4.78, 5) is 26.8. The van der Waals surface area contributed by atoms with Gasteiger partial charge in [0.25, 0.3) is 0 Å². The van der Waals surface area contributed by atoms with Gasteiger partial charge in [0.15, 0.2) is 0 Å². The maximum Gasteiger partial charge on any atom is 0.247 e. The fourth-order valence-corrected chi connectivity index (χ4v) is 3.37. The number of carbonyl (C=O) groups excluding carboxylic acids is 2. The Morgan fingerprint density at radius 1 is 1.35 bits per heavy atom. The van der Waals surface area contributed by atoms with Crippen LogP contribution in [0.3, 0.4) is 0 Å². The minimum absolute atomic E-state index is 0.0674. The van der Waals surface area contributed by atoms with Crippen LogP contribution in [0.25, 0.3) is 0 Å². The third-order valence-electron chi connectivity index (χ3n) is 4.70. The molecule has 4 nitrogen and oxygen atoms in total. The molecule has 3 atom stereocenters. The quantitative estimate of drug-likeness (QED) is 0.917. The molecule has 1 N–H and O–H groups in total.